The summed E-state index contributed by atoms with van der Waals surface area (Å²) in [5.41, 5.74) is 5.00. The fraction of sp³-hybridized carbons (Fsp3) is 0.833. The molecule has 1 saturated heterocycles. The highest BCUT2D eigenvalue weighted by Crippen LogP contribution is 2.02. The highest BCUT2D eigenvalue weighted by atomic mass is 32.2. The Kier molecular flexibility index (Phi) is 4.89. The molecule has 7 heteroatoms. The highest BCUT2D eigenvalue weighted by molar-refractivity contribution is 7.85. The molecule has 4 N–H and O–H groups in total. The molecule has 0 aromatic rings. The van der Waals surface area contributed by atoms with E-state index in [0.717, 1.165) is 19.4 Å². The Hall–Kier alpha value is -0.660. The molecule has 1 heterocycles. The fourth-order valence-electron chi connectivity index (χ4n) is 0.927. The summed E-state index contributed by atoms with van der Waals surface area (Å²) in [5.74, 6) is -0.220. The lowest BCUT2D eigenvalue weighted by molar-refractivity contribution is -0.119. The number of carbonyl (C=O) groups is 1. The van der Waals surface area contributed by atoms with Gasteiger partial charge >= 0.3 is 0 Å². The van der Waals surface area contributed by atoms with E-state index in [1.165, 1.54) is 0 Å². The van der Waals surface area contributed by atoms with Crippen molar-refractivity contribution in [2.24, 2.45) is 5.73 Å². The third kappa shape index (κ3) is 9.25. The topological polar surface area (TPSA) is 109 Å². The zero-order valence-corrected chi connectivity index (χ0v) is 8.17. The first-order valence-corrected chi connectivity index (χ1v) is 5.60. The molecule has 6 nitrogen and oxygen atoms in total. The third-order valence-electron chi connectivity index (χ3n) is 1.40. The molecule has 0 radical (unpaired) electrons. The predicted octanol–water partition coefficient (Wildman–Crippen LogP) is -1.27. The fourth-order valence-corrected chi connectivity index (χ4v) is 0.927. The van der Waals surface area contributed by atoms with Crippen LogP contribution >= 0.6 is 0 Å². The van der Waals surface area contributed by atoms with Gasteiger partial charge in [0.1, 0.15) is 0 Å². The van der Waals surface area contributed by atoms with Crippen LogP contribution in [0, 0.1) is 0 Å². The largest absolute Gasteiger partial charge is 0.368 e. The van der Waals surface area contributed by atoms with Crippen molar-refractivity contribution in [3.8, 4) is 0 Å². The third-order valence-corrected chi connectivity index (χ3v) is 1.40. The van der Waals surface area contributed by atoms with E-state index in [-0.39, 0.29) is 11.9 Å². The zero-order valence-electron chi connectivity index (χ0n) is 7.36. The quantitative estimate of drug-likeness (QED) is 0.467. The lowest BCUT2D eigenvalue weighted by Crippen LogP contribution is -2.36. The first-order chi connectivity index (χ1) is 5.80. The van der Waals surface area contributed by atoms with Gasteiger partial charge in [-0.25, -0.2) is 0 Å². The van der Waals surface area contributed by atoms with E-state index in [2.05, 4.69) is 5.32 Å². The van der Waals surface area contributed by atoms with E-state index >= 15 is 0 Å². The van der Waals surface area contributed by atoms with Crippen LogP contribution < -0.4 is 11.1 Å². The lowest BCUT2D eigenvalue weighted by Gasteiger charge is -2.01. The van der Waals surface area contributed by atoms with Crippen LogP contribution in [0.3, 0.4) is 0 Å². The number of amides is 1. The number of hydrogen-bond donors (Lipinski definition) is 3. The molecule has 1 atom stereocenters. The molecule has 0 saturated carbocycles. The van der Waals surface area contributed by atoms with Gasteiger partial charge in [-0.05, 0) is 19.4 Å². The van der Waals surface area contributed by atoms with Crippen molar-refractivity contribution < 1.29 is 17.8 Å². The van der Waals surface area contributed by atoms with Crippen molar-refractivity contribution in [2.75, 3.05) is 12.8 Å². The van der Waals surface area contributed by atoms with Crippen molar-refractivity contribution in [1.82, 2.24) is 5.32 Å². The molecule has 0 spiro atoms. The van der Waals surface area contributed by atoms with E-state index in [1.54, 1.807) is 0 Å². The van der Waals surface area contributed by atoms with Crippen molar-refractivity contribution >= 4 is 16.0 Å². The van der Waals surface area contributed by atoms with Crippen LogP contribution in [0.4, 0.5) is 0 Å². The molecule has 0 aromatic carbocycles. The molecule has 0 aliphatic carbocycles. The van der Waals surface area contributed by atoms with Gasteiger partial charge in [0.15, 0.2) is 0 Å². The first kappa shape index (κ1) is 12.3. The SMILES string of the molecule is CS(=O)(=O)O.NC(=O)C1CCCN1. The minimum atomic E-state index is -3.67. The molecular formula is C6H14N2O4S. The van der Waals surface area contributed by atoms with Crippen LogP contribution in [-0.2, 0) is 14.9 Å². The molecule has 1 amide bonds. The molecular weight excluding hydrogens is 196 g/mol. The van der Waals surface area contributed by atoms with E-state index in [1.807, 2.05) is 0 Å². The van der Waals surface area contributed by atoms with Gasteiger partial charge in [-0.2, -0.15) is 8.42 Å². The molecule has 13 heavy (non-hydrogen) atoms. The number of rotatable bonds is 1. The van der Waals surface area contributed by atoms with E-state index in [9.17, 15) is 13.2 Å². The van der Waals surface area contributed by atoms with E-state index in [4.69, 9.17) is 10.3 Å². The minimum absolute atomic E-state index is 0.0463. The average Bonchev–Trinajstić information content (AvgIpc) is 2.31. The predicted molar refractivity (Wildman–Crippen MR) is 47.7 cm³/mol. The number of primary amides is 1. The normalized spacial score (nSPS) is 21.8. The van der Waals surface area contributed by atoms with Gasteiger partial charge in [-0.1, -0.05) is 0 Å². The Morgan fingerprint density at radius 1 is 1.62 bits per heavy atom. The molecule has 78 valence electrons. The number of nitrogens with one attached hydrogen (secondary N) is 1. The Morgan fingerprint density at radius 2 is 2.08 bits per heavy atom. The summed E-state index contributed by atoms with van der Waals surface area (Å²) in [7, 11) is -3.67. The van der Waals surface area contributed by atoms with E-state index < -0.39 is 10.1 Å². The summed E-state index contributed by atoms with van der Waals surface area (Å²) in [6.07, 6.45) is 2.70. The summed E-state index contributed by atoms with van der Waals surface area (Å²) in [6.45, 7) is 0.938. The summed E-state index contributed by atoms with van der Waals surface area (Å²) in [4.78, 5) is 10.4. The molecule has 0 aromatic heterocycles. The molecule has 0 bridgehead atoms. The highest BCUT2D eigenvalue weighted by Gasteiger charge is 2.18. The van der Waals surface area contributed by atoms with Gasteiger partial charge in [0.2, 0.25) is 5.91 Å². The standard InChI is InChI=1S/C5H10N2O.CH4O3S/c6-5(8)4-2-1-3-7-4;1-5(2,3)4/h4,7H,1-3H2,(H2,6,8);1H3,(H,2,3,4). The Bertz CT molecular complexity index is 248. The first-order valence-electron chi connectivity index (χ1n) is 3.76. The lowest BCUT2D eigenvalue weighted by atomic mass is 10.2. The van der Waals surface area contributed by atoms with Crippen molar-refractivity contribution in [1.29, 1.82) is 0 Å². The van der Waals surface area contributed by atoms with Gasteiger partial charge in [0, 0.05) is 0 Å². The van der Waals surface area contributed by atoms with Gasteiger partial charge in [-0.3, -0.25) is 9.35 Å². The monoisotopic (exact) mass is 210 g/mol. The van der Waals surface area contributed by atoms with E-state index in [0.29, 0.717) is 6.26 Å². The van der Waals surface area contributed by atoms with Crippen molar-refractivity contribution in [3.05, 3.63) is 0 Å². The summed E-state index contributed by atoms with van der Waals surface area (Å²) in [6, 6.07) is -0.0463. The minimum Gasteiger partial charge on any atom is -0.368 e. The van der Waals surface area contributed by atoms with Gasteiger partial charge in [-0.15, -0.1) is 0 Å². The van der Waals surface area contributed by atoms with Crippen LogP contribution in [0.2, 0.25) is 0 Å². The summed E-state index contributed by atoms with van der Waals surface area (Å²) >= 11 is 0. The Labute approximate surface area is 77.2 Å². The van der Waals surface area contributed by atoms with Gasteiger partial charge < -0.3 is 11.1 Å². The van der Waals surface area contributed by atoms with Crippen LogP contribution in [0.15, 0.2) is 0 Å². The molecule has 1 aliphatic rings. The second-order valence-electron chi connectivity index (χ2n) is 2.78. The smallest absolute Gasteiger partial charge is 0.261 e. The number of hydrogen-bond acceptors (Lipinski definition) is 4. The van der Waals surface area contributed by atoms with Gasteiger partial charge in [0.25, 0.3) is 10.1 Å². The number of carbonyl (C=O) groups excluding carboxylic acids is 1. The van der Waals surface area contributed by atoms with Crippen LogP contribution in [0.5, 0.6) is 0 Å². The van der Waals surface area contributed by atoms with Crippen LogP contribution in [0.1, 0.15) is 12.8 Å². The molecule has 1 unspecified atom stereocenters. The second-order valence-corrected chi connectivity index (χ2v) is 4.25. The maximum Gasteiger partial charge on any atom is 0.261 e. The van der Waals surface area contributed by atoms with Crippen LogP contribution in [0.25, 0.3) is 0 Å². The van der Waals surface area contributed by atoms with Crippen molar-refractivity contribution in [3.63, 3.8) is 0 Å². The van der Waals surface area contributed by atoms with Gasteiger partial charge in [0.05, 0.1) is 12.3 Å². The Morgan fingerprint density at radius 3 is 2.23 bits per heavy atom. The maximum atomic E-state index is 10.4. The number of nitrogens with two attached hydrogens (primary N) is 1. The molecule has 1 fully saturated rings. The Balaban J connectivity index is 0.000000252. The summed E-state index contributed by atoms with van der Waals surface area (Å²) < 4.78 is 25.9. The van der Waals surface area contributed by atoms with Crippen molar-refractivity contribution in [2.45, 2.75) is 18.9 Å². The average molecular weight is 210 g/mol. The van der Waals surface area contributed by atoms with Crippen LogP contribution in [-0.4, -0.2) is 37.7 Å². The maximum absolute atomic E-state index is 10.4. The summed E-state index contributed by atoms with van der Waals surface area (Å²) in [5, 5.41) is 2.98. The second kappa shape index (κ2) is 5.15. The molecule has 1 aliphatic heterocycles. The zero-order chi connectivity index (χ0) is 10.5. The molecule has 1 rings (SSSR count).